The minimum atomic E-state index is 0.784. The van der Waals surface area contributed by atoms with Crippen molar-refractivity contribution in [3.63, 3.8) is 0 Å². The van der Waals surface area contributed by atoms with E-state index in [9.17, 15) is 0 Å². The van der Waals surface area contributed by atoms with Crippen LogP contribution in [0.3, 0.4) is 0 Å². The Balaban J connectivity index is 2.14. The highest BCUT2D eigenvalue weighted by Gasteiger charge is 2.18. The summed E-state index contributed by atoms with van der Waals surface area (Å²) in [6, 6.07) is 0. The van der Waals surface area contributed by atoms with Gasteiger partial charge in [0.25, 0.3) is 0 Å². The average Bonchev–Trinajstić information content (AvgIpc) is 2.31. The zero-order valence-electron chi connectivity index (χ0n) is 6.97. The summed E-state index contributed by atoms with van der Waals surface area (Å²) in [6.45, 7) is 7.19. The summed E-state index contributed by atoms with van der Waals surface area (Å²) in [5, 5.41) is 0.784. The first kappa shape index (κ1) is 8.41. The lowest BCUT2D eigenvalue weighted by atomic mass is 10.3. The van der Waals surface area contributed by atoms with E-state index < -0.39 is 0 Å². The first-order valence-electron chi connectivity index (χ1n) is 4.20. The molecule has 1 aliphatic rings. The average molecular weight is 159 g/mol. The standard InChI is InChI=1S/C8H17NS/c1-3-4-5-9-6-7-10-8(9)2/h8H,3-7H2,1-2H3. The Morgan fingerprint density at radius 1 is 1.60 bits per heavy atom. The number of unbranched alkanes of at least 4 members (excludes halogenated alkanes) is 1. The van der Waals surface area contributed by atoms with E-state index in [-0.39, 0.29) is 0 Å². The van der Waals surface area contributed by atoms with Gasteiger partial charge in [-0.05, 0) is 19.9 Å². The summed E-state index contributed by atoms with van der Waals surface area (Å²) >= 11 is 2.08. The molecule has 1 fully saturated rings. The van der Waals surface area contributed by atoms with Gasteiger partial charge in [-0.1, -0.05) is 13.3 Å². The molecular weight excluding hydrogens is 142 g/mol. The molecule has 0 amide bonds. The van der Waals surface area contributed by atoms with Gasteiger partial charge in [-0.15, -0.1) is 11.8 Å². The molecule has 0 bridgehead atoms. The molecule has 1 nitrogen and oxygen atoms in total. The monoisotopic (exact) mass is 159 g/mol. The summed E-state index contributed by atoms with van der Waals surface area (Å²) in [7, 11) is 0. The van der Waals surface area contributed by atoms with E-state index in [0.29, 0.717) is 0 Å². The van der Waals surface area contributed by atoms with Crippen molar-refractivity contribution in [3.8, 4) is 0 Å². The van der Waals surface area contributed by atoms with E-state index >= 15 is 0 Å². The number of hydrogen-bond donors (Lipinski definition) is 0. The molecule has 0 aromatic rings. The highest BCUT2D eigenvalue weighted by Crippen LogP contribution is 2.22. The van der Waals surface area contributed by atoms with Gasteiger partial charge in [0.1, 0.15) is 0 Å². The topological polar surface area (TPSA) is 3.24 Å². The Labute approximate surface area is 68.2 Å². The minimum Gasteiger partial charge on any atom is -0.291 e. The van der Waals surface area contributed by atoms with E-state index in [1.807, 2.05) is 0 Å². The third-order valence-corrected chi connectivity index (χ3v) is 3.25. The van der Waals surface area contributed by atoms with Crippen LogP contribution in [0.2, 0.25) is 0 Å². The predicted molar refractivity (Wildman–Crippen MR) is 48.4 cm³/mol. The molecule has 1 aliphatic heterocycles. The van der Waals surface area contributed by atoms with Crippen molar-refractivity contribution in [2.24, 2.45) is 0 Å². The van der Waals surface area contributed by atoms with Gasteiger partial charge in [-0.3, -0.25) is 4.90 Å². The molecule has 0 saturated carbocycles. The Kier molecular flexibility index (Phi) is 3.57. The fraction of sp³-hybridized carbons (Fsp3) is 1.00. The van der Waals surface area contributed by atoms with Crippen molar-refractivity contribution >= 4 is 11.8 Å². The van der Waals surface area contributed by atoms with Crippen molar-refractivity contribution in [2.75, 3.05) is 18.8 Å². The minimum absolute atomic E-state index is 0.784. The highest BCUT2D eigenvalue weighted by molar-refractivity contribution is 8.00. The van der Waals surface area contributed by atoms with E-state index in [1.165, 1.54) is 31.7 Å². The first-order chi connectivity index (χ1) is 4.84. The number of thioether (sulfide) groups is 1. The molecule has 0 aromatic carbocycles. The van der Waals surface area contributed by atoms with E-state index in [2.05, 4.69) is 30.5 Å². The van der Waals surface area contributed by atoms with Gasteiger partial charge in [0.15, 0.2) is 0 Å². The second kappa shape index (κ2) is 4.24. The predicted octanol–water partition coefficient (Wildman–Crippen LogP) is 2.18. The van der Waals surface area contributed by atoms with E-state index in [4.69, 9.17) is 0 Å². The second-order valence-corrected chi connectivity index (χ2v) is 4.28. The number of rotatable bonds is 3. The van der Waals surface area contributed by atoms with Crippen molar-refractivity contribution in [2.45, 2.75) is 32.1 Å². The Morgan fingerprint density at radius 3 is 2.90 bits per heavy atom. The first-order valence-corrected chi connectivity index (χ1v) is 5.25. The Morgan fingerprint density at radius 2 is 2.40 bits per heavy atom. The van der Waals surface area contributed by atoms with Crippen LogP contribution in [0.25, 0.3) is 0 Å². The summed E-state index contributed by atoms with van der Waals surface area (Å²) in [5.41, 5.74) is 0. The van der Waals surface area contributed by atoms with Crippen molar-refractivity contribution in [1.29, 1.82) is 0 Å². The van der Waals surface area contributed by atoms with Crippen LogP contribution in [0.4, 0.5) is 0 Å². The quantitative estimate of drug-likeness (QED) is 0.621. The molecule has 1 saturated heterocycles. The molecule has 1 heterocycles. The van der Waals surface area contributed by atoms with Crippen LogP contribution in [-0.4, -0.2) is 29.1 Å². The third kappa shape index (κ3) is 2.17. The normalized spacial score (nSPS) is 27.6. The third-order valence-electron chi connectivity index (χ3n) is 2.05. The smallest absolute Gasteiger partial charge is 0.0529 e. The molecule has 0 aliphatic carbocycles. The Hall–Kier alpha value is 0.310. The summed E-state index contributed by atoms with van der Waals surface area (Å²) in [6.07, 6.45) is 2.69. The summed E-state index contributed by atoms with van der Waals surface area (Å²) < 4.78 is 0. The van der Waals surface area contributed by atoms with Crippen LogP contribution in [0, 0.1) is 0 Å². The van der Waals surface area contributed by atoms with Gasteiger partial charge in [0.2, 0.25) is 0 Å². The highest BCUT2D eigenvalue weighted by atomic mass is 32.2. The molecule has 1 unspecified atom stereocenters. The van der Waals surface area contributed by atoms with Gasteiger partial charge in [-0.2, -0.15) is 0 Å². The van der Waals surface area contributed by atoms with Gasteiger partial charge in [0, 0.05) is 12.3 Å². The summed E-state index contributed by atoms with van der Waals surface area (Å²) in [5.74, 6) is 1.34. The van der Waals surface area contributed by atoms with Gasteiger partial charge in [-0.25, -0.2) is 0 Å². The SMILES string of the molecule is CCCCN1CCSC1C. The molecule has 1 rings (SSSR count). The zero-order chi connectivity index (χ0) is 7.40. The second-order valence-electron chi connectivity index (χ2n) is 2.86. The van der Waals surface area contributed by atoms with Crippen LogP contribution in [0.1, 0.15) is 26.7 Å². The molecule has 10 heavy (non-hydrogen) atoms. The van der Waals surface area contributed by atoms with Crippen LogP contribution in [0.15, 0.2) is 0 Å². The molecule has 0 N–H and O–H groups in total. The van der Waals surface area contributed by atoms with E-state index in [1.54, 1.807) is 0 Å². The fourth-order valence-corrected chi connectivity index (χ4v) is 2.39. The lowest BCUT2D eigenvalue weighted by Gasteiger charge is -2.18. The molecule has 0 aromatic heterocycles. The van der Waals surface area contributed by atoms with Crippen LogP contribution in [-0.2, 0) is 0 Å². The van der Waals surface area contributed by atoms with Crippen LogP contribution in [0.5, 0.6) is 0 Å². The van der Waals surface area contributed by atoms with Crippen LogP contribution >= 0.6 is 11.8 Å². The maximum absolute atomic E-state index is 2.58. The lowest BCUT2D eigenvalue weighted by molar-refractivity contribution is 0.294. The van der Waals surface area contributed by atoms with Crippen molar-refractivity contribution in [3.05, 3.63) is 0 Å². The van der Waals surface area contributed by atoms with Gasteiger partial charge >= 0.3 is 0 Å². The maximum atomic E-state index is 2.58. The van der Waals surface area contributed by atoms with Gasteiger partial charge in [0.05, 0.1) is 5.37 Å². The molecule has 0 radical (unpaired) electrons. The number of nitrogens with zero attached hydrogens (tertiary/aromatic N) is 1. The lowest BCUT2D eigenvalue weighted by Crippen LogP contribution is -2.26. The largest absolute Gasteiger partial charge is 0.291 e. The van der Waals surface area contributed by atoms with Crippen LogP contribution < -0.4 is 0 Å². The molecule has 0 spiro atoms. The van der Waals surface area contributed by atoms with Crippen molar-refractivity contribution < 1.29 is 0 Å². The maximum Gasteiger partial charge on any atom is 0.0529 e. The van der Waals surface area contributed by atoms with E-state index in [0.717, 1.165) is 5.37 Å². The Bertz CT molecular complexity index is 95.3. The molecule has 60 valence electrons. The molecular formula is C8H17NS. The fourth-order valence-electron chi connectivity index (χ4n) is 1.28. The zero-order valence-corrected chi connectivity index (χ0v) is 7.78. The molecule has 1 atom stereocenters. The molecule has 2 heteroatoms. The van der Waals surface area contributed by atoms with Crippen molar-refractivity contribution in [1.82, 2.24) is 4.90 Å². The van der Waals surface area contributed by atoms with Gasteiger partial charge < -0.3 is 0 Å². The number of hydrogen-bond acceptors (Lipinski definition) is 2. The summed E-state index contributed by atoms with van der Waals surface area (Å²) in [4.78, 5) is 2.58.